The number of carbonyl (C=O) groups is 1. The van der Waals surface area contributed by atoms with E-state index in [1.165, 1.54) is 50.4 Å². The zero-order chi connectivity index (χ0) is 27.4. The van der Waals surface area contributed by atoms with Crippen molar-refractivity contribution < 1.29 is 19.7 Å². The van der Waals surface area contributed by atoms with E-state index in [-0.39, 0.29) is 21.9 Å². The Kier molecular flexibility index (Phi) is 12.6. The SMILES string of the molecule is CN1CCCC1CCc1cccc([N+](=O)[O-])c1.CN1CCCC1CO.O=C(Cl)c1cccc([N+](=O)[O-])c1. The number of carbonyl (C=O) groups excluding carboxylic acids is 1. The van der Waals surface area contributed by atoms with Gasteiger partial charge < -0.3 is 14.9 Å². The fourth-order valence-corrected chi connectivity index (χ4v) is 4.57. The molecule has 4 rings (SSSR count). The van der Waals surface area contributed by atoms with Crippen molar-refractivity contribution in [3.63, 3.8) is 0 Å². The second-order valence-electron chi connectivity index (χ2n) is 9.28. The molecule has 0 amide bonds. The van der Waals surface area contributed by atoms with Gasteiger partial charge in [0.05, 0.1) is 16.5 Å². The van der Waals surface area contributed by atoms with Crippen LogP contribution in [0.5, 0.6) is 0 Å². The van der Waals surface area contributed by atoms with Gasteiger partial charge in [0, 0.05) is 41.9 Å². The second kappa shape index (κ2) is 15.4. The molecule has 2 aromatic carbocycles. The van der Waals surface area contributed by atoms with Crippen molar-refractivity contribution in [2.45, 2.75) is 50.6 Å². The van der Waals surface area contributed by atoms with Crippen LogP contribution in [-0.2, 0) is 6.42 Å². The maximum atomic E-state index is 10.7. The van der Waals surface area contributed by atoms with Crippen LogP contribution in [0.1, 0.15) is 48.0 Å². The lowest BCUT2D eigenvalue weighted by atomic mass is 10.0. The first kappa shape index (κ1) is 30.3. The minimum atomic E-state index is -0.696. The third-order valence-electron chi connectivity index (χ3n) is 6.73. The number of non-ortho nitro benzene ring substituents is 2. The first-order valence-electron chi connectivity index (χ1n) is 12.3. The summed E-state index contributed by atoms with van der Waals surface area (Å²) < 4.78 is 0. The Balaban J connectivity index is 0.000000210. The molecule has 0 spiro atoms. The average molecular weight is 535 g/mol. The number of hydrogen-bond acceptors (Lipinski definition) is 8. The molecule has 2 unspecified atom stereocenters. The van der Waals surface area contributed by atoms with E-state index < -0.39 is 10.2 Å². The number of likely N-dealkylation sites (N-methyl/N-ethyl adjacent to an activating group) is 1. The number of rotatable bonds is 7. The van der Waals surface area contributed by atoms with E-state index in [1.807, 2.05) is 6.07 Å². The quantitative estimate of drug-likeness (QED) is 0.308. The fourth-order valence-electron chi connectivity index (χ4n) is 4.45. The molecule has 2 aliphatic heterocycles. The van der Waals surface area contributed by atoms with Gasteiger partial charge in [-0.3, -0.25) is 25.0 Å². The van der Waals surface area contributed by atoms with Crippen molar-refractivity contribution in [2.24, 2.45) is 0 Å². The van der Waals surface area contributed by atoms with Gasteiger partial charge in [0.1, 0.15) is 0 Å². The maximum absolute atomic E-state index is 10.7. The van der Waals surface area contributed by atoms with Crippen LogP contribution in [0.25, 0.3) is 0 Å². The summed E-state index contributed by atoms with van der Waals surface area (Å²) in [7, 11) is 4.22. The standard InChI is InChI=1S/C13H18N2O2.C7H4ClNO3.C6H13NO/c1-14-9-3-6-12(14)8-7-11-4-2-5-13(10-11)15(16)17;8-7(10)5-2-1-3-6(4-5)9(11)12;1-7-4-2-3-6(7)5-8/h2,4-5,10,12H,3,6-9H2,1H3;1-4H;6,8H,2-5H2,1H3. The van der Waals surface area contributed by atoms with Crippen LogP contribution in [0.2, 0.25) is 0 Å². The summed E-state index contributed by atoms with van der Waals surface area (Å²) in [5.41, 5.74) is 1.26. The van der Waals surface area contributed by atoms with E-state index in [2.05, 4.69) is 23.9 Å². The molecule has 202 valence electrons. The van der Waals surface area contributed by atoms with Gasteiger partial charge in [0.2, 0.25) is 0 Å². The zero-order valence-electron chi connectivity index (χ0n) is 21.3. The summed E-state index contributed by atoms with van der Waals surface area (Å²) in [5, 5.41) is 28.9. The van der Waals surface area contributed by atoms with Crippen molar-refractivity contribution in [1.29, 1.82) is 0 Å². The second-order valence-corrected chi connectivity index (χ2v) is 9.63. The molecule has 37 heavy (non-hydrogen) atoms. The molecule has 2 aliphatic rings. The average Bonchev–Trinajstić information content (AvgIpc) is 3.50. The summed E-state index contributed by atoms with van der Waals surface area (Å²) in [4.78, 5) is 35.1. The topological polar surface area (TPSA) is 130 Å². The summed E-state index contributed by atoms with van der Waals surface area (Å²) in [6.45, 7) is 2.67. The van der Waals surface area contributed by atoms with Gasteiger partial charge in [0.25, 0.3) is 16.6 Å². The van der Waals surface area contributed by atoms with Crippen LogP contribution < -0.4 is 0 Å². The third kappa shape index (κ3) is 10.2. The minimum Gasteiger partial charge on any atom is -0.395 e. The maximum Gasteiger partial charge on any atom is 0.270 e. The van der Waals surface area contributed by atoms with Gasteiger partial charge in [-0.05, 0) is 88.9 Å². The van der Waals surface area contributed by atoms with Crippen molar-refractivity contribution in [2.75, 3.05) is 33.8 Å². The summed E-state index contributed by atoms with van der Waals surface area (Å²) >= 11 is 5.12. The number of nitro benzene ring substituents is 2. The van der Waals surface area contributed by atoms with Crippen molar-refractivity contribution in [3.8, 4) is 0 Å². The Morgan fingerprint density at radius 3 is 1.95 bits per heavy atom. The normalized spacial score (nSPS) is 19.4. The van der Waals surface area contributed by atoms with Crippen molar-refractivity contribution in [3.05, 3.63) is 79.9 Å². The highest BCUT2D eigenvalue weighted by Crippen LogP contribution is 2.21. The van der Waals surface area contributed by atoms with E-state index in [0.29, 0.717) is 18.7 Å². The lowest BCUT2D eigenvalue weighted by Gasteiger charge is -2.18. The van der Waals surface area contributed by atoms with Crippen LogP contribution in [0.15, 0.2) is 48.5 Å². The van der Waals surface area contributed by atoms with Crippen LogP contribution in [0, 0.1) is 20.2 Å². The number of nitrogens with zero attached hydrogens (tertiary/aromatic N) is 4. The number of halogens is 1. The number of likely N-dealkylation sites (tertiary alicyclic amines) is 2. The molecule has 2 aromatic rings. The summed E-state index contributed by atoms with van der Waals surface area (Å²) in [6.07, 6.45) is 6.98. The predicted molar refractivity (Wildman–Crippen MR) is 143 cm³/mol. The van der Waals surface area contributed by atoms with Crippen molar-refractivity contribution >= 4 is 28.2 Å². The summed E-state index contributed by atoms with van der Waals surface area (Å²) in [5.74, 6) is 0. The van der Waals surface area contributed by atoms with E-state index in [0.717, 1.165) is 31.0 Å². The van der Waals surface area contributed by atoms with Gasteiger partial charge in [-0.2, -0.15) is 0 Å². The van der Waals surface area contributed by atoms with Gasteiger partial charge in [0.15, 0.2) is 0 Å². The molecule has 11 heteroatoms. The lowest BCUT2D eigenvalue weighted by Crippen LogP contribution is -2.27. The molecule has 0 saturated carbocycles. The Labute approximate surface area is 222 Å². The molecule has 2 fully saturated rings. The largest absolute Gasteiger partial charge is 0.395 e. The molecule has 10 nitrogen and oxygen atoms in total. The Bertz CT molecular complexity index is 1020. The van der Waals surface area contributed by atoms with Crippen LogP contribution >= 0.6 is 11.6 Å². The number of benzene rings is 2. The van der Waals surface area contributed by atoms with E-state index in [4.69, 9.17) is 16.7 Å². The van der Waals surface area contributed by atoms with Crippen LogP contribution in [0.3, 0.4) is 0 Å². The molecular formula is C26H35ClN4O6. The third-order valence-corrected chi connectivity index (χ3v) is 6.94. The number of nitro groups is 2. The van der Waals surface area contributed by atoms with E-state index in [1.54, 1.807) is 18.2 Å². The Morgan fingerprint density at radius 1 is 0.946 bits per heavy atom. The molecule has 0 radical (unpaired) electrons. The highest BCUT2D eigenvalue weighted by molar-refractivity contribution is 6.67. The first-order chi connectivity index (χ1) is 17.6. The first-order valence-corrected chi connectivity index (χ1v) is 12.7. The lowest BCUT2D eigenvalue weighted by molar-refractivity contribution is -0.385. The Morgan fingerprint density at radius 2 is 1.49 bits per heavy atom. The number of hydrogen-bond donors (Lipinski definition) is 1. The van der Waals surface area contributed by atoms with Gasteiger partial charge in [-0.15, -0.1) is 0 Å². The molecule has 2 heterocycles. The highest BCUT2D eigenvalue weighted by Gasteiger charge is 2.20. The number of aryl methyl sites for hydroxylation is 1. The van der Waals surface area contributed by atoms with Gasteiger partial charge in [-0.1, -0.05) is 18.2 Å². The van der Waals surface area contributed by atoms with Gasteiger partial charge >= 0.3 is 0 Å². The monoisotopic (exact) mass is 534 g/mol. The number of aliphatic hydroxyl groups excluding tert-OH is 1. The van der Waals surface area contributed by atoms with Crippen molar-refractivity contribution in [1.82, 2.24) is 9.80 Å². The smallest absolute Gasteiger partial charge is 0.270 e. The fraction of sp³-hybridized carbons (Fsp3) is 0.500. The molecule has 0 aromatic heterocycles. The van der Waals surface area contributed by atoms with Gasteiger partial charge in [-0.25, -0.2) is 0 Å². The molecule has 0 aliphatic carbocycles. The van der Waals surface area contributed by atoms with Crippen LogP contribution in [0.4, 0.5) is 11.4 Å². The summed E-state index contributed by atoms with van der Waals surface area (Å²) in [6, 6.07) is 13.3. The number of aliphatic hydroxyl groups is 1. The molecule has 2 atom stereocenters. The van der Waals surface area contributed by atoms with Crippen LogP contribution in [-0.4, -0.2) is 75.9 Å². The predicted octanol–water partition coefficient (Wildman–Crippen LogP) is 4.67. The molecule has 0 bridgehead atoms. The molecule has 1 N–H and O–H groups in total. The Hall–Kier alpha value is -2.92. The van der Waals surface area contributed by atoms with E-state index >= 15 is 0 Å². The molecular weight excluding hydrogens is 500 g/mol. The minimum absolute atomic E-state index is 0.130. The zero-order valence-corrected chi connectivity index (χ0v) is 22.0. The molecule has 2 saturated heterocycles. The van der Waals surface area contributed by atoms with E-state index in [9.17, 15) is 25.0 Å². The highest BCUT2D eigenvalue weighted by atomic mass is 35.5.